The first-order valence-corrected chi connectivity index (χ1v) is 6.97. The van der Waals surface area contributed by atoms with Gasteiger partial charge < -0.3 is 5.32 Å². The van der Waals surface area contributed by atoms with Crippen LogP contribution >= 0.6 is 24.2 Å². The standard InChI is InChI=1S/C13H14N2O2S.ClH/c16-15(17)9-3-6-13(18-10-4-5-10)11(8-9)12-2-1-7-14-12;/h1-3,6,8,10,12,14H,4-5,7H2;1H/t12-;/m1./s1. The van der Waals surface area contributed by atoms with Crippen LogP contribution in [-0.2, 0) is 0 Å². The number of thioether (sulfide) groups is 1. The van der Waals surface area contributed by atoms with E-state index in [1.165, 1.54) is 17.7 Å². The van der Waals surface area contributed by atoms with E-state index >= 15 is 0 Å². The molecule has 6 heteroatoms. The number of nitro groups is 1. The molecule has 3 rings (SSSR count). The fourth-order valence-electron chi connectivity index (χ4n) is 2.05. The first-order chi connectivity index (χ1) is 8.74. The van der Waals surface area contributed by atoms with E-state index in [0.717, 1.165) is 12.1 Å². The molecule has 1 atom stereocenters. The van der Waals surface area contributed by atoms with Gasteiger partial charge in [0, 0.05) is 28.8 Å². The Morgan fingerprint density at radius 1 is 1.37 bits per heavy atom. The minimum absolute atomic E-state index is 0. The largest absolute Gasteiger partial charge is 0.303 e. The Morgan fingerprint density at radius 2 is 2.16 bits per heavy atom. The highest BCUT2D eigenvalue weighted by molar-refractivity contribution is 8.00. The third-order valence-electron chi connectivity index (χ3n) is 3.14. The molecule has 0 unspecified atom stereocenters. The first-order valence-electron chi connectivity index (χ1n) is 6.09. The molecule has 1 N–H and O–H groups in total. The average molecular weight is 299 g/mol. The van der Waals surface area contributed by atoms with Gasteiger partial charge in [-0.05, 0) is 24.5 Å². The second-order valence-corrected chi connectivity index (χ2v) is 5.95. The van der Waals surface area contributed by atoms with Crippen molar-refractivity contribution in [1.82, 2.24) is 5.32 Å². The Balaban J connectivity index is 0.00000133. The van der Waals surface area contributed by atoms with Crippen LogP contribution in [-0.4, -0.2) is 16.7 Å². The van der Waals surface area contributed by atoms with Gasteiger partial charge in [0.15, 0.2) is 0 Å². The summed E-state index contributed by atoms with van der Waals surface area (Å²) in [5.74, 6) is 0. The van der Waals surface area contributed by atoms with Gasteiger partial charge in [-0.2, -0.15) is 0 Å². The van der Waals surface area contributed by atoms with Crippen molar-refractivity contribution in [2.75, 3.05) is 6.54 Å². The SMILES string of the molecule is Cl.O=[N+]([O-])c1ccc(SC2CC2)c([C@H]2C=CCN2)c1. The number of rotatable bonds is 4. The normalized spacial score (nSPS) is 21.2. The fraction of sp³-hybridized carbons (Fsp3) is 0.385. The molecule has 0 aromatic heterocycles. The Labute approximate surface area is 122 Å². The van der Waals surface area contributed by atoms with Gasteiger partial charge in [0.2, 0.25) is 0 Å². The van der Waals surface area contributed by atoms with Crippen molar-refractivity contribution in [3.05, 3.63) is 46.0 Å². The molecule has 1 aliphatic heterocycles. The van der Waals surface area contributed by atoms with Gasteiger partial charge in [-0.3, -0.25) is 10.1 Å². The number of hydrogen-bond donors (Lipinski definition) is 1. The molecule has 4 nitrogen and oxygen atoms in total. The molecule has 0 amide bonds. The van der Waals surface area contributed by atoms with Gasteiger partial charge in [0.25, 0.3) is 5.69 Å². The first kappa shape index (κ1) is 14.4. The quantitative estimate of drug-likeness (QED) is 0.525. The fourth-order valence-corrected chi connectivity index (χ4v) is 3.25. The van der Waals surface area contributed by atoms with Crippen LogP contribution in [0.4, 0.5) is 5.69 Å². The van der Waals surface area contributed by atoms with Gasteiger partial charge in [-0.15, -0.1) is 24.2 Å². The molecule has 1 fully saturated rings. The van der Waals surface area contributed by atoms with E-state index in [9.17, 15) is 10.1 Å². The molecule has 102 valence electrons. The summed E-state index contributed by atoms with van der Waals surface area (Å²) in [7, 11) is 0. The number of non-ortho nitro benzene ring substituents is 1. The third kappa shape index (κ3) is 3.29. The number of benzene rings is 1. The van der Waals surface area contributed by atoms with E-state index in [2.05, 4.69) is 17.5 Å². The lowest BCUT2D eigenvalue weighted by atomic mass is 10.1. The summed E-state index contributed by atoms with van der Waals surface area (Å²) >= 11 is 1.85. The zero-order valence-electron chi connectivity index (χ0n) is 10.2. The van der Waals surface area contributed by atoms with E-state index in [0.29, 0.717) is 5.25 Å². The lowest BCUT2D eigenvalue weighted by Gasteiger charge is -2.14. The summed E-state index contributed by atoms with van der Waals surface area (Å²) in [5, 5.41) is 14.9. The summed E-state index contributed by atoms with van der Waals surface area (Å²) in [6, 6.07) is 5.32. The molecule has 1 aromatic rings. The van der Waals surface area contributed by atoms with Crippen LogP contribution in [0.2, 0.25) is 0 Å². The average Bonchev–Trinajstić information content (AvgIpc) is 3.01. The lowest BCUT2D eigenvalue weighted by Crippen LogP contribution is -2.14. The van der Waals surface area contributed by atoms with Crippen molar-refractivity contribution in [2.24, 2.45) is 0 Å². The number of nitrogens with one attached hydrogen (secondary N) is 1. The van der Waals surface area contributed by atoms with Gasteiger partial charge >= 0.3 is 0 Å². The topological polar surface area (TPSA) is 55.2 Å². The van der Waals surface area contributed by atoms with Crippen molar-refractivity contribution < 1.29 is 4.92 Å². The minimum Gasteiger partial charge on any atom is -0.303 e. The molecule has 0 radical (unpaired) electrons. The molecule has 1 heterocycles. The molecule has 0 saturated heterocycles. The Morgan fingerprint density at radius 3 is 2.74 bits per heavy atom. The van der Waals surface area contributed by atoms with Crippen molar-refractivity contribution in [3.63, 3.8) is 0 Å². The zero-order chi connectivity index (χ0) is 12.5. The predicted molar refractivity (Wildman–Crippen MR) is 79.1 cm³/mol. The highest BCUT2D eigenvalue weighted by atomic mass is 35.5. The third-order valence-corrected chi connectivity index (χ3v) is 4.57. The number of halogens is 1. The lowest BCUT2D eigenvalue weighted by molar-refractivity contribution is -0.385. The van der Waals surface area contributed by atoms with Crippen LogP contribution in [0.25, 0.3) is 0 Å². The zero-order valence-corrected chi connectivity index (χ0v) is 11.9. The van der Waals surface area contributed by atoms with E-state index < -0.39 is 0 Å². The van der Waals surface area contributed by atoms with Gasteiger partial charge in [-0.25, -0.2) is 0 Å². The number of hydrogen-bond acceptors (Lipinski definition) is 4. The monoisotopic (exact) mass is 298 g/mol. The van der Waals surface area contributed by atoms with Gasteiger partial charge in [0.05, 0.1) is 11.0 Å². The van der Waals surface area contributed by atoms with Gasteiger partial charge in [0.1, 0.15) is 0 Å². The predicted octanol–water partition coefficient (Wildman–Crippen LogP) is 3.47. The summed E-state index contributed by atoms with van der Waals surface area (Å²) in [4.78, 5) is 11.7. The summed E-state index contributed by atoms with van der Waals surface area (Å²) in [6.07, 6.45) is 6.66. The molecule has 2 aliphatic rings. The maximum atomic E-state index is 10.9. The van der Waals surface area contributed by atoms with E-state index in [4.69, 9.17) is 0 Å². The number of nitro benzene ring substituents is 1. The van der Waals surface area contributed by atoms with Crippen LogP contribution in [0.3, 0.4) is 0 Å². The molecular weight excluding hydrogens is 284 g/mol. The van der Waals surface area contributed by atoms with Crippen molar-refractivity contribution in [2.45, 2.75) is 29.0 Å². The van der Waals surface area contributed by atoms with E-state index in [-0.39, 0.29) is 29.1 Å². The Bertz CT molecular complexity index is 517. The highest BCUT2D eigenvalue weighted by Crippen LogP contribution is 2.42. The molecule has 0 bridgehead atoms. The molecule has 1 saturated carbocycles. The van der Waals surface area contributed by atoms with Crippen molar-refractivity contribution in [1.29, 1.82) is 0 Å². The number of nitrogens with zero attached hydrogens (tertiary/aromatic N) is 1. The van der Waals surface area contributed by atoms with Crippen molar-refractivity contribution in [3.8, 4) is 0 Å². The molecule has 1 aromatic carbocycles. The Kier molecular flexibility index (Phi) is 4.50. The summed E-state index contributed by atoms with van der Waals surface area (Å²) in [6.45, 7) is 0.834. The van der Waals surface area contributed by atoms with Crippen LogP contribution in [0.5, 0.6) is 0 Å². The smallest absolute Gasteiger partial charge is 0.269 e. The van der Waals surface area contributed by atoms with E-state index in [1.54, 1.807) is 12.1 Å². The van der Waals surface area contributed by atoms with Crippen molar-refractivity contribution >= 4 is 29.9 Å². The second kappa shape index (κ2) is 5.94. The highest BCUT2D eigenvalue weighted by Gasteiger charge is 2.26. The van der Waals surface area contributed by atoms with Crippen LogP contribution in [0.15, 0.2) is 35.2 Å². The van der Waals surface area contributed by atoms with Crippen LogP contribution in [0.1, 0.15) is 24.4 Å². The summed E-state index contributed by atoms with van der Waals surface area (Å²) in [5.41, 5.74) is 1.21. The van der Waals surface area contributed by atoms with Crippen LogP contribution < -0.4 is 5.32 Å². The molecule has 0 spiro atoms. The second-order valence-electron chi connectivity index (χ2n) is 4.61. The maximum absolute atomic E-state index is 10.9. The van der Waals surface area contributed by atoms with E-state index in [1.807, 2.05) is 17.8 Å². The van der Waals surface area contributed by atoms with Crippen LogP contribution in [0, 0.1) is 10.1 Å². The molecular formula is C13H15ClN2O2S. The minimum atomic E-state index is -0.326. The summed E-state index contributed by atoms with van der Waals surface area (Å²) < 4.78 is 0. The molecule has 1 aliphatic carbocycles. The Hall–Kier alpha value is -1.04. The molecule has 19 heavy (non-hydrogen) atoms. The maximum Gasteiger partial charge on any atom is 0.269 e. The van der Waals surface area contributed by atoms with Gasteiger partial charge in [-0.1, -0.05) is 12.2 Å².